The number of rotatable bonds is 3. The van der Waals surface area contributed by atoms with Crippen LogP contribution in [0, 0.1) is 0 Å². The van der Waals surface area contributed by atoms with Gasteiger partial charge in [0, 0.05) is 4.47 Å². The number of halogens is 1. The number of sulfone groups is 1. The number of hydrogen-bond acceptors (Lipinski definition) is 2. The molecule has 1 aliphatic heterocycles. The second-order valence-electron chi connectivity index (χ2n) is 5.61. The molecule has 0 fully saturated rings. The van der Waals surface area contributed by atoms with Gasteiger partial charge in [-0.05, 0) is 58.8 Å². The maximum Gasteiger partial charge on any atom is 0.206 e. The fourth-order valence-electron chi connectivity index (χ4n) is 2.79. The average molecular weight is 387 g/mol. The lowest BCUT2D eigenvalue weighted by atomic mass is 9.67. The van der Waals surface area contributed by atoms with Crippen LogP contribution in [0.2, 0.25) is 0 Å². The minimum atomic E-state index is -3.52. The maximum absolute atomic E-state index is 12.9. The Bertz CT molecular complexity index is 1010. The van der Waals surface area contributed by atoms with Crippen LogP contribution in [0.3, 0.4) is 0 Å². The Morgan fingerprint density at radius 3 is 2.48 bits per heavy atom. The van der Waals surface area contributed by atoms with E-state index in [1.807, 2.05) is 13.0 Å². The van der Waals surface area contributed by atoms with E-state index in [-0.39, 0.29) is 0 Å². The van der Waals surface area contributed by atoms with E-state index in [9.17, 15) is 8.42 Å². The molecule has 3 rings (SSSR count). The van der Waals surface area contributed by atoms with Gasteiger partial charge in [-0.1, -0.05) is 34.4 Å². The monoisotopic (exact) mass is 386 g/mol. The fraction of sp³-hybridized carbons (Fsp3) is 0.111. The van der Waals surface area contributed by atoms with Gasteiger partial charge in [0.25, 0.3) is 0 Å². The van der Waals surface area contributed by atoms with Gasteiger partial charge in [0.2, 0.25) is 9.84 Å². The first-order valence-corrected chi connectivity index (χ1v) is 9.72. The normalized spacial score (nSPS) is 13.6. The lowest BCUT2D eigenvalue weighted by Crippen LogP contribution is -2.33. The van der Waals surface area contributed by atoms with E-state index >= 15 is 0 Å². The highest BCUT2D eigenvalue weighted by molar-refractivity contribution is 9.10. The summed E-state index contributed by atoms with van der Waals surface area (Å²) in [7, 11) is -2.71. The summed E-state index contributed by atoms with van der Waals surface area (Å²) >= 11 is 3.33. The lowest BCUT2D eigenvalue weighted by Gasteiger charge is -2.11. The summed E-state index contributed by atoms with van der Waals surface area (Å²) in [5.74, 6) is 2.13. The van der Waals surface area contributed by atoms with Crippen LogP contribution in [0.15, 0.2) is 62.7 Å². The molecule has 0 atom stereocenters. The van der Waals surface area contributed by atoms with Crippen LogP contribution in [-0.4, -0.2) is 15.7 Å². The summed E-state index contributed by atoms with van der Waals surface area (Å²) in [5, 5.41) is 2.07. The number of benzene rings is 2. The van der Waals surface area contributed by atoms with Crippen molar-refractivity contribution >= 4 is 45.1 Å². The van der Waals surface area contributed by atoms with Gasteiger partial charge < -0.3 is 0 Å². The van der Waals surface area contributed by atoms with Crippen molar-refractivity contribution in [2.24, 2.45) is 0 Å². The van der Waals surface area contributed by atoms with Crippen molar-refractivity contribution in [3.8, 4) is 0 Å². The second kappa shape index (κ2) is 6.14. The first-order chi connectivity index (χ1) is 10.9. The van der Waals surface area contributed by atoms with Gasteiger partial charge in [0.05, 0.1) is 9.79 Å². The number of hydrogen-bond donors (Lipinski definition) is 0. The Labute approximate surface area is 145 Å². The predicted octanol–water partition coefficient (Wildman–Crippen LogP) is 2.33. The second-order valence-corrected chi connectivity index (χ2v) is 8.47. The quantitative estimate of drug-likeness (QED) is 0.758. The number of allylic oxidation sites excluding steroid dienone is 1. The highest BCUT2D eigenvalue weighted by atomic mass is 79.9. The molecule has 1 heterocycles. The van der Waals surface area contributed by atoms with Crippen molar-refractivity contribution in [1.29, 1.82) is 0 Å². The zero-order valence-corrected chi connectivity index (χ0v) is 15.2. The molecule has 0 unspecified atom stereocenters. The fourth-order valence-corrected chi connectivity index (χ4v) is 4.40. The smallest absolute Gasteiger partial charge is 0.206 e. The van der Waals surface area contributed by atoms with Crippen molar-refractivity contribution < 1.29 is 8.42 Å². The topological polar surface area (TPSA) is 34.1 Å². The minimum Gasteiger partial charge on any atom is -0.219 e. The zero-order valence-electron chi connectivity index (χ0n) is 12.8. The van der Waals surface area contributed by atoms with Gasteiger partial charge in [-0.25, -0.2) is 8.42 Å². The van der Waals surface area contributed by atoms with Gasteiger partial charge in [0.15, 0.2) is 7.28 Å². The van der Waals surface area contributed by atoms with E-state index in [1.54, 1.807) is 36.4 Å². The Balaban J connectivity index is 2.25. The predicted molar refractivity (Wildman–Crippen MR) is 99.9 cm³/mol. The van der Waals surface area contributed by atoms with Gasteiger partial charge in [-0.2, -0.15) is 0 Å². The summed E-state index contributed by atoms with van der Waals surface area (Å²) in [4.78, 5) is 0.649. The molecular formula is C18H16BBrO2S. The Morgan fingerprint density at radius 2 is 1.83 bits per heavy atom. The Morgan fingerprint density at radius 1 is 1.13 bits per heavy atom. The van der Waals surface area contributed by atoms with E-state index < -0.39 is 9.84 Å². The number of fused-ring (bicyclic) bond motifs is 1. The molecular weight excluding hydrogens is 371 g/mol. The molecule has 0 aromatic heterocycles. The molecule has 0 amide bonds. The summed E-state index contributed by atoms with van der Waals surface area (Å²) < 4.78 is 26.7. The summed E-state index contributed by atoms with van der Waals surface area (Å²) in [6.07, 6.45) is 2.78. The SMILES string of the molecule is C=C1BC=c2c(CC)cc(S(=O)(=O)c3ccc(Br)cc3)cc2=C1. The first kappa shape index (κ1) is 16.3. The van der Waals surface area contributed by atoms with Gasteiger partial charge in [-0.15, -0.1) is 12.6 Å². The lowest BCUT2D eigenvalue weighted by molar-refractivity contribution is 0.596. The van der Waals surface area contributed by atoms with E-state index in [4.69, 9.17) is 0 Å². The largest absolute Gasteiger partial charge is 0.219 e. The maximum atomic E-state index is 12.9. The third-order valence-corrected chi connectivity index (χ3v) is 6.29. The van der Waals surface area contributed by atoms with E-state index in [1.165, 1.54) is 0 Å². The van der Waals surface area contributed by atoms with Crippen LogP contribution < -0.4 is 10.4 Å². The zero-order chi connectivity index (χ0) is 16.6. The molecule has 0 radical (unpaired) electrons. The van der Waals surface area contributed by atoms with Crippen molar-refractivity contribution in [2.75, 3.05) is 0 Å². The van der Waals surface area contributed by atoms with Crippen molar-refractivity contribution in [1.82, 2.24) is 0 Å². The molecule has 2 aromatic carbocycles. The molecule has 0 N–H and O–H groups in total. The van der Waals surface area contributed by atoms with Gasteiger partial charge in [-0.3, -0.25) is 0 Å². The molecule has 5 heteroatoms. The molecule has 0 spiro atoms. The summed E-state index contributed by atoms with van der Waals surface area (Å²) in [5.41, 5.74) is 2.06. The highest BCUT2D eigenvalue weighted by Crippen LogP contribution is 2.22. The van der Waals surface area contributed by atoms with E-state index in [0.29, 0.717) is 9.79 Å². The molecule has 0 saturated heterocycles. The standard InChI is InChI=1S/C18H16BBrO2S/c1-3-13-9-17(10-14-8-12(2)19-11-18(13)14)23(21,22)16-6-4-15(20)5-7-16/h4-11,19H,2-3H2,1H3. The summed E-state index contributed by atoms with van der Waals surface area (Å²) in [6, 6.07) is 10.3. The third-order valence-electron chi connectivity index (χ3n) is 4.01. The summed E-state index contributed by atoms with van der Waals surface area (Å²) in [6.45, 7) is 6.03. The Kier molecular flexibility index (Phi) is 4.34. The molecule has 2 nitrogen and oxygen atoms in total. The van der Waals surface area contributed by atoms with Crippen LogP contribution in [-0.2, 0) is 16.3 Å². The Hall–Kier alpha value is -1.59. The van der Waals surface area contributed by atoms with Crippen LogP contribution in [0.5, 0.6) is 0 Å². The van der Waals surface area contributed by atoms with E-state index in [2.05, 4.69) is 28.5 Å². The highest BCUT2D eigenvalue weighted by Gasteiger charge is 2.19. The van der Waals surface area contributed by atoms with Crippen LogP contribution in [0.4, 0.5) is 0 Å². The van der Waals surface area contributed by atoms with Crippen LogP contribution >= 0.6 is 15.9 Å². The molecule has 116 valence electrons. The average Bonchev–Trinajstić information content (AvgIpc) is 2.53. The third kappa shape index (κ3) is 3.08. The molecule has 23 heavy (non-hydrogen) atoms. The number of aryl methyl sites for hydroxylation is 1. The van der Waals surface area contributed by atoms with Gasteiger partial charge >= 0.3 is 0 Å². The molecule has 0 saturated carbocycles. The van der Waals surface area contributed by atoms with E-state index in [0.717, 1.165) is 39.6 Å². The van der Waals surface area contributed by atoms with Crippen molar-refractivity contribution in [2.45, 2.75) is 23.1 Å². The first-order valence-electron chi connectivity index (χ1n) is 7.45. The minimum absolute atomic E-state index is 0.307. The van der Waals surface area contributed by atoms with Crippen LogP contribution in [0.25, 0.3) is 12.1 Å². The molecule has 0 bridgehead atoms. The van der Waals surface area contributed by atoms with Crippen LogP contribution in [0.1, 0.15) is 12.5 Å². The van der Waals surface area contributed by atoms with Crippen molar-refractivity contribution in [3.63, 3.8) is 0 Å². The van der Waals surface area contributed by atoms with Crippen molar-refractivity contribution in [3.05, 3.63) is 68.9 Å². The van der Waals surface area contributed by atoms with Gasteiger partial charge in [0.1, 0.15) is 0 Å². The molecule has 1 aliphatic rings. The molecule has 0 aliphatic carbocycles. The molecule has 2 aromatic rings.